The average Bonchev–Trinajstić information content (AvgIpc) is 3.47. The Labute approximate surface area is 328 Å². The fourth-order valence-electron chi connectivity index (χ4n) is 5.94. The summed E-state index contributed by atoms with van der Waals surface area (Å²) in [5.41, 5.74) is 0.835. The quantitative estimate of drug-likeness (QED) is 0.0527. The van der Waals surface area contributed by atoms with Crippen LogP contribution < -0.4 is 0 Å². The van der Waals surface area contributed by atoms with E-state index in [0.717, 1.165) is 0 Å². The lowest BCUT2D eigenvalue weighted by Gasteiger charge is -2.30. The number of hydrogen-bond acceptors (Lipinski definition) is 16. The number of amidine groups is 1. The monoisotopic (exact) mass is 809 g/mol. The summed E-state index contributed by atoms with van der Waals surface area (Å²) >= 11 is 4.49. The van der Waals surface area contributed by atoms with Crippen LogP contribution in [0.1, 0.15) is 23.1 Å². The van der Waals surface area contributed by atoms with Crippen LogP contribution >= 0.6 is 12.6 Å². The second kappa shape index (κ2) is 18.7. The zero-order valence-corrected chi connectivity index (χ0v) is 30.8. The minimum absolute atomic E-state index is 0.0543. The Hall–Kier alpha value is -6.84. The molecule has 0 radical (unpaired) electrons. The van der Waals surface area contributed by atoms with E-state index in [9.17, 15) is 49.5 Å². The maximum absolute atomic E-state index is 14.1. The molecule has 300 valence electrons. The third-order valence-electron chi connectivity index (χ3n) is 8.90. The predicted octanol–water partition coefficient (Wildman–Crippen LogP) is 4.01. The van der Waals surface area contributed by atoms with E-state index in [1.54, 1.807) is 0 Å². The van der Waals surface area contributed by atoms with Gasteiger partial charge in [-0.2, -0.15) is 12.6 Å². The summed E-state index contributed by atoms with van der Waals surface area (Å²) in [7, 11) is 0. The van der Waals surface area contributed by atoms with E-state index in [-0.39, 0.29) is 76.0 Å². The first-order chi connectivity index (χ1) is 27.2. The molecule has 2 heterocycles. The van der Waals surface area contributed by atoms with Gasteiger partial charge < -0.3 is 28.7 Å². The lowest BCUT2D eigenvalue weighted by atomic mass is 10.2. The fourth-order valence-corrected chi connectivity index (χ4v) is 6.32. The van der Waals surface area contributed by atoms with E-state index >= 15 is 0 Å². The summed E-state index contributed by atoms with van der Waals surface area (Å²) in [5.74, 6) is -2.25. The molecule has 57 heavy (non-hydrogen) atoms. The summed E-state index contributed by atoms with van der Waals surface area (Å²) in [6, 6.07) is 14.8. The largest absolute Gasteiger partial charge is 0.509 e. The Kier molecular flexibility index (Phi) is 13.5. The Balaban J connectivity index is 1.26. The van der Waals surface area contributed by atoms with Crippen LogP contribution in [-0.4, -0.2) is 110 Å². The van der Waals surface area contributed by atoms with E-state index in [2.05, 4.69) is 12.6 Å². The van der Waals surface area contributed by atoms with Crippen LogP contribution in [0, 0.1) is 35.8 Å². The third-order valence-corrected chi connectivity index (χ3v) is 9.28. The molecule has 2 saturated heterocycles. The lowest BCUT2D eigenvalue weighted by molar-refractivity contribution is -0.385. The molecular weight excluding hydrogens is 774 g/mol. The Morgan fingerprint density at radius 3 is 1.60 bits per heavy atom. The highest BCUT2D eigenvalue weighted by Gasteiger charge is 2.43. The molecule has 0 aliphatic carbocycles. The van der Waals surface area contributed by atoms with E-state index in [1.165, 1.54) is 87.5 Å². The number of nitro benzene ring substituents is 3. The minimum Gasteiger partial charge on any atom is -0.455 e. The van der Waals surface area contributed by atoms with Crippen LogP contribution in [0.2, 0.25) is 0 Å². The Morgan fingerprint density at radius 2 is 1.11 bits per heavy atom. The summed E-state index contributed by atoms with van der Waals surface area (Å²) in [4.78, 5) is 88.2. The zero-order chi connectivity index (χ0) is 41.2. The molecule has 21 nitrogen and oxygen atoms in total. The first-order valence-electron chi connectivity index (χ1n) is 17.1. The number of thiol groups is 1. The number of nitrogens with zero attached hydrogens (tertiary/aromatic N) is 6. The first-order valence-corrected chi connectivity index (χ1v) is 17.6. The van der Waals surface area contributed by atoms with E-state index in [4.69, 9.17) is 24.4 Å². The van der Waals surface area contributed by atoms with Crippen LogP contribution in [-0.2, 0) is 48.4 Å². The molecule has 2 aliphatic rings. The number of nitro groups is 3. The Morgan fingerprint density at radius 1 is 0.667 bits per heavy atom. The highest BCUT2D eigenvalue weighted by Crippen LogP contribution is 2.26. The summed E-state index contributed by atoms with van der Waals surface area (Å²) in [6.45, 7) is -1.50. The lowest BCUT2D eigenvalue weighted by Crippen LogP contribution is -2.50. The molecule has 2 aliphatic heterocycles. The molecule has 3 aromatic carbocycles. The van der Waals surface area contributed by atoms with Crippen molar-refractivity contribution in [2.24, 2.45) is 0 Å². The molecule has 3 aromatic rings. The van der Waals surface area contributed by atoms with Gasteiger partial charge in [0.25, 0.3) is 17.1 Å². The number of likely N-dealkylation sites (tertiary alicyclic amines) is 1. The normalized spacial score (nSPS) is 17.8. The highest BCUT2D eigenvalue weighted by molar-refractivity contribution is 7.81. The van der Waals surface area contributed by atoms with Gasteiger partial charge in [-0.05, 0) is 59.5 Å². The summed E-state index contributed by atoms with van der Waals surface area (Å²) in [6.07, 6.45) is -3.05. The SMILES string of the molecule is N=C(C(=O)OCc1ccc([N+](=O)[O-])cc1)N1CCN(C(=O)[C@@H]2C[C@H](S)CN2C(=O)OCc2ccc([N+](=O)[O-])cc2)CC(OC(=O)OCc2ccc([N+](=O)[O-])cc2)C1. The number of non-ortho nitro benzene ring substituents is 3. The predicted molar refractivity (Wildman–Crippen MR) is 198 cm³/mol. The molecule has 0 saturated carbocycles. The highest BCUT2D eigenvalue weighted by atomic mass is 32.1. The van der Waals surface area contributed by atoms with Crippen LogP contribution in [0.4, 0.5) is 26.7 Å². The molecule has 2 amide bonds. The smallest absolute Gasteiger partial charge is 0.455 e. The fraction of sp³-hybridized carbons (Fsp3) is 0.343. The first kappa shape index (κ1) is 41.3. The van der Waals surface area contributed by atoms with Gasteiger partial charge in [-0.15, -0.1) is 0 Å². The van der Waals surface area contributed by atoms with E-state index in [1.807, 2.05) is 0 Å². The van der Waals surface area contributed by atoms with Crippen molar-refractivity contribution in [2.75, 3.05) is 32.7 Å². The molecule has 3 atom stereocenters. The molecule has 0 bridgehead atoms. The van der Waals surface area contributed by atoms with Crippen LogP contribution in [0.25, 0.3) is 0 Å². The van der Waals surface area contributed by atoms with Gasteiger partial charge in [0, 0.05) is 61.3 Å². The molecule has 5 rings (SSSR count). The van der Waals surface area contributed by atoms with Crippen molar-refractivity contribution >= 4 is 59.7 Å². The standard InChI is InChI=1S/C35H35N7O14S/c36-31(33(44)53-19-22-1-7-25(8-2-22)40(47)48)37-13-14-38(17-28(16-37)56-35(46)55-21-24-5-11-27(12-6-24)42(51)52)32(43)30-15-29(57)18-39(30)34(45)54-20-23-3-9-26(10-4-23)41(49)50/h1-12,28-30,36,57H,13-21H2/t28?,29-,30-/m0/s1. The minimum atomic E-state index is -1.18. The van der Waals surface area contributed by atoms with Gasteiger partial charge in [0.1, 0.15) is 32.0 Å². The number of rotatable bonds is 11. The van der Waals surface area contributed by atoms with Crippen molar-refractivity contribution in [2.45, 2.75) is 43.6 Å². The van der Waals surface area contributed by atoms with Gasteiger partial charge in [0.15, 0.2) is 0 Å². The average molecular weight is 810 g/mol. The number of nitrogens with one attached hydrogen (secondary N) is 1. The molecule has 1 unspecified atom stereocenters. The van der Waals surface area contributed by atoms with E-state index in [0.29, 0.717) is 16.7 Å². The number of esters is 1. The van der Waals surface area contributed by atoms with Crippen molar-refractivity contribution < 1.29 is 52.9 Å². The zero-order valence-electron chi connectivity index (χ0n) is 29.9. The maximum atomic E-state index is 14.1. The van der Waals surface area contributed by atoms with Crippen molar-refractivity contribution in [3.05, 3.63) is 120 Å². The molecule has 1 N–H and O–H groups in total. The van der Waals surface area contributed by atoms with Crippen molar-refractivity contribution in [3.63, 3.8) is 0 Å². The number of benzene rings is 3. The van der Waals surface area contributed by atoms with Crippen molar-refractivity contribution in [1.82, 2.24) is 14.7 Å². The summed E-state index contributed by atoms with van der Waals surface area (Å²) < 4.78 is 21.5. The van der Waals surface area contributed by atoms with Gasteiger partial charge in [-0.25, -0.2) is 14.4 Å². The topological polar surface area (TPSA) is 268 Å². The molecule has 0 aromatic heterocycles. The van der Waals surface area contributed by atoms with Crippen LogP contribution in [0.3, 0.4) is 0 Å². The maximum Gasteiger partial charge on any atom is 0.509 e. The Bertz CT molecular complexity index is 2020. The number of amides is 2. The number of ether oxygens (including phenoxy) is 4. The van der Waals surface area contributed by atoms with Crippen LogP contribution in [0.15, 0.2) is 72.8 Å². The van der Waals surface area contributed by atoms with Gasteiger partial charge in [0.05, 0.1) is 27.9 Å². The van der Waals surface area contributed by atoms with E-state index < -0.39 is 62.1 Å². The summed E-state index contributed by atoms with van der Waals surface area (Å²) in [5, 5.41) is 41.1. The van der Waals surface area contributed by atoms with Crippen molar-refractivity contribution in [3.8, 4) is 0 Å². The van der Waals surface area contributed by atoms with Crippen molar-refractivity contribution in [1.29, 1.82) is 5.41 Å². The number of hydrogen-bond donors (Lipinski definition) is 2. The van der Waals surface area contributed by atoms with Gasteiger partial charge in [0.2, 0.25) is 11.7 Å². The van der Waals surface area contributed by atoms with Gasteiger partial charge in [-0.1, -0.05) is 0 Å². The van der Waals surface area contributed by atoms with Gasteiger partial charge >= 0.3 is 18.2 Å². The number of carbonyl (C=O) groups excluding carboxylic acids is 4. The third kappa shape index (κ3) is 11.1. The molecule has 0 spiro atoms. The molecule has 22 heteroatoms. The van der Waals surface area contributed by atoms with Gasteiger partial charge in [-0.3, -0.25) is 45.4 Å². The molecule has 2 fully saturated rings. The van der Waals surface area contributed by atoms with Crippen LogP contribution in [0.5, 0.6) is 0 Å². The second-order valence-electron chi connectivity index (χ2n) is 12.8. The second-order valence-corrected chi connectivity index (χ2v) is 13.5. The molecular formula is C35H35N7O14S. The number of carbonyl (C=O) groups is 4.